The molecule has 0 unspecified atom stereocenters. The molecular formula is C12H16FNSi. The summed E-state index contributed by atoms with van der Waals surface area (Å²) in [6.45, 7) is 8.68. The van der Waals surface area contributed by atoms with E-state index in [9.17, 15) is 4.39 Å². The van der Waals surface area contributed by atoms with Crippen molar-refractivity contribution >= 4 is 24.3 Å². The van der Waals surface area contributed by atoms with Crippen molar-refractivity contribution in [2.24, 2.45) is 0 Å². The minimum atomic E-state index is -1.38. The molecular weight excluding hydrogens is 205 g/mol. The van der Waals surface area contributed by atoms with Crippen molar-refractivity contribution < 1.29 is 4.39 Å². The molecule has 0 spiro atoms. The van der Waals surface area contributed by atoms with Crippen molar-refractivity contribution in [1.82, 2.24) is 4.98 Å². The first kappa shape index (κ1) is 10.4. The molecule has 0 saturated heterocycles. The van der Waals surface area contributed by atoms with Crippen LogP contribution in [0.4, 0.5) is 4.39 Å². The van der Waals surface area contributed by atoms with Crippen LogP contribution in [0.5, 0.6) is 0 Å². The van der Waals surface area contributed by atoms with E-state index in [0.29, 0.717) is 5.52 Å². The third-order valence-corrected chi connectivity index (χ3v) is 4.52. The Hall–Kier alpha value is -1.09. The van der Waals surface area contributed by atoms with Gasteiger partial charge in [0.05, 0.1) is 13.6 Å². The number of nitrogens with one attached hydrogen (secondary N) is 1. The van der Waals surface area contributed by atoms with Crippen LogP contribution >= 0.6 is 0 Å². The first-order valence-electron chi connectivity index (χ1n) is 5.17. The number of halogens is 1. The van der Waals surface area contributed by atoms with E-state index >= 15 is 0 Å². The zero-order valence-corrected chi connectivity index (χ0v) is 10.6. The van der Waals surface area contributed by atoms with Crippen LogP contribution in [-0.2, 0) is 0 Å². The van der Waals surface area contributed by atoms with Crippen molar-refractivity contribution in [3.63, 3.8) is 0 Å². The monoisotopic (exact) mass is 221 g/mol. The number of aromatic amines is 1. The molecule has 0 fully saturated rings. The van der Waals surface area contributed by atoms with Crippen molar-refractivity contribution in [1.29, 1.82) is 0 Å². The van der Waals surface area contributed by atoms with Gasteiger partial charge < -0.3 is 4.98 Å². The predicted octanol–water partition coefficient (Wildman–Crippen LogP) is 3.16. The highest BCUT2D eigenvalue weighted by molar-refractivity contribution is 6.88. The molecule has 15 heavy (non-hydrogen) atoms. The van der Waals surface area contributed by atoms with Gasteiger partial charge in [0.2, 0.25) is 0 Å². The minimum Gasteiger partial charge on any atom is -0.360 e. The third kappa shape index (κ3) is 1.84. The highest BCUT2D eigenvalue weighted by atomic mass is 28.3. The van der Waals surface area contributed by atoms with Crippen molar-refractivity contribution in [3.05, 3.63) is 29.6 Å². The zero-order valence-electron chi connectivity index (χ0n) is 9.61. The van der Waals surface area contributed by atoms with Crippen molar-refractivity contribution in [3.8, 4) is 0 Å². The molecule has 80 valence electrons. The van der Waals surface area contributed by atoms with E-state index in [2.05, 4.69) is 30.7 Å². The van der Waals surface area contributed by atoms with E-state index in [-0.39, 0.29) is 5.82 Å². The van der Waals surface area contributed by atoms with Gasteiger partial charge >= 0.3 is 0 Å². The molecule has 1 aromatic carbocycles. The van der Waals surface area contributed by atoms with E-state index in [1.54, 1.807) is 6.07 Å². The van der Waals surface area contributed by atoms with Gasteiger partial charge in [0.15, 0.2) is 0 Å². The van der Waals surface area contributed by atoms with E-state index in [1.807, 2.05) is 13.0 Å². The first-order valence-corrected chi connectivity index (χ1v) is 8.67. The Bertz CT molecular complexity index is 508. The molecule has 0 amide bonds. The lowest BCUT2D eigenvalue weighted by Crippen LogP contribution is -2.38. The van der Waals surface area contributed by atoms with Crippen LogP contribution in [0.25, 0.3) is 10.9 Å². The van der Waals surface area contributed by atoms with Gasteiger partial charge in [-0.05, 0) is 36.0 Å². The quantitative estimate of drug-likeness (QED) is 0.712. The maximum Gasteiger partial charge on any atom is 0.147 e. The number of benzene rings is 1. The molecule has 0 aliphatic rings. The Morgan fingerprint density at radius 2 is 1.80 bits per heavy atom. The Morgan fingerprint density at radius 3 is 2.40 bits per heavy atom. The van der Waals surface area contributed by atoms with Gasteiger partial charge in [-0.25, -0.2) is 4.39 Å². The Balaban J connectivity index is 2.71. The standard InChI is InChI=1S/C12H16FNSi/c1-8-5-9-7-11(15(2,3)4)14-12(9)10(13)6-8/h5-7,14H,1-4H3. The van der Waals surface area contributed by atoms with E-state index in [4.69, 9.17) is 0 Å². The number of fused-ring (bicyclic) bond motifs is 1. The fraction of sp³-hybridized carbons (Fsp3) is 0.333. The average Bonchev–Trinajstić information content (AvgIpc) is 2.46. The lowest BCUT2D eigenvalue weighted by Gasteiger charge is -2.12. The fourth-order valence-corrected chi connectivity index (χ4v) is 2.83. The van der Waals surface area contributed by atoms with Crippen LogP contribution in [0, 0.1) is 12.7 Å². The lowest BCUT2D eigenvalue weighted by molar-refractivity contribution is 0.636. The maximum absolute atomic E-state index is 13.6. The number of hydrogen-bond acceptors (Lipinski definition) is 0. The molecule has 0 radical (unpaired) electrons. The van der Waals surface area contributed by atoms with Gasteiger partial charge in [0.25, 0.3) is 0 Å². The van der Waals surface area contributed by atoms with E-state index in [1.165, 1.54) is 5.32 Å². The summed E-state index contributed by atoms with van der Waals surface area (Å²) >= 11 is 0. The van der Waals surface area contributed by atoms with Crippen LogP contribution < -0.4 is 5.32 Å². The second-order valence-electron chi connectivity index (χ2n) is 5.14. The van der Waals surface area contributed by atoms with Gasteiger partial charge in [0, 0.05) is 5.39 Å². The summed E-state index contributed by atoms with van der Waals surface area (Å²) in [6, 6.07) is 5.70. The zero-order chi connectivity index (χ0) is 11.2. The fourth-order valence-electron chi connectivity index (χ4n) is 1.75. The Morgan fingerprint density at radius 1 is 1.13 bits per heavy atom. The molecule has 0 bridgehead atoms. The van der Waals surface area contributed by atoms with Crippen LogP contribution in [0.15, 0.2) is 18.2 Å². The minimum absolute atomic E-state index is 0.144. The summed E-state index contributed by atoms with van der Waals surface area (Å²) in [5.41, 5.74) is 1.62. The Labute approximate surface area is 90.3 Å². The number of aryl methyl sites for hydroxylation is 1. The molecule has 0 atom stereocenters. The second kappa shape index (κ2) is 3.20. The number of aromatic nitrogens is 1. The smallest absolute Gasteiger partial charge is 0.147 e. The summed E-state index contributed by atoms with van der Waals surface area (Å²) in [5, 5.41) is 2.20. The third-order valence-electron chi connectivity index (χ3n) is 2.63. The highest BCUT2D eigenvalue weighted by Crippen LogP contribution is 2.18. The SMILES string of the molecule is Cc1cc(F)c2[nH]c([Si](C)(C)C)cc2c1. The van der Waals surface area contributed by atoms with Crippen molar-refractivity contribution in [2.75, 3.05) is 0 Å². The molecule has 0 saturated carbocycles. The largest absolute Gasteiger partial charge is 0.360 e. The number of hydrogen-bond donors (Lipinski definition) is 1. The van der Waals surface area contributed by atoms with Gasteiger partial charge in [0.1, 0.15) is 5.82 Å². The van der Waals surface area contributed by atoms with Gasteiger partial charge in [-0.2, -0.15) is 0 Å². The van der Waals surface area contributed by atoms with Crippen LogP contribution in [0.3, 0.4) is 0 Å². The summed E-state index contributed by atoms with van der Waals surface area (Å²) in [4.78, 5) is 3.22. The van der Waals surface area contributed by atoms with Crippen LogP contribution in [-0.4, -0.2) is 13.1 Å². The lowest BCUT2D eigenvalue weighted by atomic mass is 10.2. The van der Waals surface area contributed by atoms with Crippen LogP contribution in [0.1, 0.15) is 5.56 Å². The molecule has 0 aliphatic carbocycles. The number of rotatable bonds is 1. The van der Waals surface area contributed by atoms with Crippen LogP contribution in [0.2, 0.25) is 19.6 Å². The molecule has 1 aromatic heterocycles. The summed E-state index contributed by atoms with van der Waals surface area (Å²) in [5.74, 6) is -0.144. The molecule has 1 heterocycles. The predicted molar refractivity (Wildman–Crippen MR) is 66.0 cm³/mol. The summed E-state index contributed by atoms with van der Waals surface area (Å²) in [7, 11) is -1.38. The average molecular weight is 221 g/mol. The number of H-pyrrole nitrogens is 1. The van der Waals surface area contributed by atoms with Gasteiger partial charge in [-0.15, -0.1) is 0 Å². The normalized spacial score (nSPS) is 12.3. The topological polar surface area (TPSA) is 15.8 Å². The van der Waals surface area contributed by atoms with Gasteiger partial charge in [-0.3, -0.25) is 0 Å². The molecule has 0 aliphatic heterocycles. The molecule has 2 rings (SSSR count). The molecule has 2 aromatic rings. The van der Waals surface area contributed by atoms with Gasteiger partial charge in [-0.1, -0.05) is 19.6 Å². The van der Waals surface area contributed by atoms with E-state index < -0.39 is 8.07 Å². The summed E-state index contributed by atoms with van der Waals surface area (Å²) < 4.78 is 13.6. The molecule has 1 N–H and O–H groups in total. The molecule has 1 nitrogen and oxygen atoms in total. The second-order valence-corrected chi connectivity index (χ2v) is 10.2. The highest BCUT2D eigenvalue weighted by Gasteiger charge is 2.19. The van der Waals surface area contributed by atoms with E-state index in [0.717, 1.165) is 10.9 Å². The maximum atomic E-state index is 13.6. The summed E-state index contributed by atoms with van der Waals surface area (Å²) in [6.07, 6.45) is 0. The Kier molecular flexibility index (Phi) is 2.23. The molecule has 3 heteroatoms. The first-order chi connectivity index (χ1) is 6.88. The van der Waals surface area contributed by atoms with Crippen molar-refractivity contribution in [2.45, 2.75) is 26.6 Å².